The molecule has 0 aliphatic carbocycles. The summed E-state index contributed by atoms with van der Waals surface area (Å²) in [5, 5.41) is 2.44. The molecule has 0 atom stereocenters. The van der Waals surface area contributed by atoms with Crippen LogP contribution in [0.15, 0.2) is 24.3 Å². The molecule has 0 aromatic heterocycles. The van der Waals surface area contributed by atoms with Crippen molar-refractivity contribution >= 4 is 17.7 Å². The first-order valence-corrected chi connectivity index (χ1v) is 5.00. The Labute approximate surface area is 98.8 Å². The van der Waals surface area contributed by atoms with Crippen molar-refractivity contribution in [2.24, 2.45) is 0 Å². The van der Waals surface area contributed by atoms with Gasteiger partial charge in [0.25, 0.3) is 5.91 Å². The third-order valence-electron chi connectivity index (χ3n) is 2.04. The highest BCUT2D eigenvalue weighted by atomic mass is 16.5. The number of hydrogen-bond acceptors (Lipinski definition) is 4. The Bertz CT molecular complexity index is 454. The summed E-state index contributed by atoms with van der Waals surface area (Å²) in [6, 6.07) is 6.10. The van der Waals surface area contributed by atoms with E-state index < -0.39 is 11.9 Å². The van der Waals surface area contributed by atoms with Gasteiger partial charge in [0.05, 0.1) is 19.2 Å². The van der Waals surface area contributed by atoms with E-state index in [1.165, 1.54) is 20.1 Å². The van der Waals surface area contributed by atoms with E-state index in [2.05, 4.69) is 10.1 Å². The van der Waals surface area contributed by atoms with Gasteiger partial charge in [0.1, 0.15) is 5.78 Å². The largest absolute Gasteiger partial charge is 0.465 e. The van der Waals surface area contributed by atoms with Gasteiger partial charge in [0, 0.05) is 5.56 Å². The maximum absolute atomic E-state index is 11.6. The van der Waals surface area contributed by atoms with Crippen LogP contribution in [-0.4, -0.2) is 31.3 Å². The van der Waals surface area contributed by atoms with E-state index in [0.717, 1.165) is 0 Å². The molecule has 0 radical (unpaired) electrons. The molecule has 5 heteroatoms. The molecule has 0 fully saturated rings. The summed E-state index contributed by atoms with van der Waals surface area (Å²) in [6.07, 6.45) is 0. The Morgan fingerprint density at radius 1 is 1.24 bits per heavy atom. The SMILES string of the molecule is COC(=O)c1cccc(C(=O)NCC(C)=O)c1. The third kappa shape index (κ3) is 3.71. The zero-order valence-electron chi connectivity index (χ0n) is 9.65. The molecule has 0 saturated heterocycles. The lowest BCUT2D eigenvalue weighted by Crippen LogP contribution is -2.28. The van der Waals surface area contributed by atoms with E-state index >= 15 is 0 Å². The lowest BCUT2D eigenvalue weighted by Gasteiger charge is -2.04. The molecular weight excluding hydrogens is 222 g/mol. The zero-order chi connectivity index (χ0) is 12.8. The highest BCUT2D eigenvalue weighted by Gasteiger charge is 2.10. The summed E-state index contributed by atoms with van der Waals surface area (Å²) in [7, 11) is 1.27. The summed E-state index contributed by atoms with van der Waals surface area (Å²) >= 11 is 0. The van der Waals surface area contributed by atoms with Crippen molar-refractivity contribution in [3.05, 3.63) is 35.4 Å². The number of amides is 1. The first-order valence-electron chi connectivity index (χ1n) is 5.00. The summed E-state index contributed by atoms with van der Waals surface area (Å²) in [4.78, 5) is 33.6. The Morgan fingerprint density at radius 3 is 2.47 bits per heavy atom. The average Bonchev–Trinajstić information content (AvgIpc) is 2.35. The third-order valence-corrected chi connectivity index (χ3v) is 2.04. The number of carbonyl (C=O) groups is 3. The van der Waals surface area contributed by atoms with Gasteiger partial charge in [-0.3, -0.25) is 9.59 Å². The van der Waals surface area contributed by atoms with Crippen LogP contribution in [0.5, 0.6) is 0 Å². The molecular formula is C12H13NO4. The zero-order valence-corrected chi connectivity index (χ0v) is 9.65. The number of rotatable bonds is 4. The van der Waals surface area contributed by atoms with Gasteiger partial charge in [-0.25, -0.2) is 4.79 Å². The number of esters is 1. The van der Waals surface area contributed by atoms with E-state index in [0.29, 0.717) is 11.1 Å². The molecule has 90 valence electrons. The number of carbonyl (C=O) groups excluding carboxylic acids is 3. The molecule has 0 bridgehead atoms. The van der Waals surface area contributed by atoms with Gasteiger partial charge in [0.2, 0.25) is 0 Å². The molecule has 1 aromatic carbocycles. The fourth-order valence-electron chi connectivity index (χ4n) is 1.21. The minimum Gasteiger partial charge on any atom is -0.465 e. The Morgan fingerprint density at radius 2 is 1.88 bits per heavy atom. The second-order valence-corrected chi connectivity index (χ2v) is 3.46. The van der Waals surface area contributed by atoms with Crippen LogP contribution in [0.1, 0.15) is 27.6 Å². The molecule has 1 aromatic rings. The number of methoxy groups -OCH3 is 1. The van der Waals surface area contributed by atoms with E-state index in [1.54, 1.807) is 18.2 Å². The summed E-state index contributed by atoms with van der Waals surface area (Å²) in [5.41, 5.74) is 0.608. The Kier molecular flexibility index (Phi) is 4.39. The van der Waals surface area contributed by atoms with Crippen LogP contribution in [0.2, 0.25) is 0 Å². The van der Waals surface area contributed by atoms with E-state index in [9.17, 15) is 14.4 Å². The van der Waals surface area contributed by atoms with Crippen molar-refractivity contribution in [2.45, 2.75) is 6.92 Å². The fraction of sp³-hybridized carbons (Fsp3) is 0.250. The molecule has 1 rings (SSSR count). The van der Waals surface area contributed by atoms with Crippen molar-refractivity contribution in [2.75, 3.05) is 13.7 Å². The molecule has 17 heavy (non-hydrogen) atoms. The number of ether oxygens (including phenoxy) is 1. The Hall–Kier alpha value is -2.17. The summed E-state index contributed by atoms with van der Waals surface area (Å²) < 4.78 is 4.54. The summed E-state index contributed by atoms with van der Waals surface area (Å²) in [5.74, 6) is -1.04. The van der Waals surface area contributed by atoms with Crippen molar-refractivity contribution in [3.63, 3.8) is 0 Å². The number of nitrogens with one attached hydrogen (secondary N) is 1. The van der Waals surface area contributed by atoms with Crippen molar-refractivity contribution in [1.29, 1.82) is 0 Å². The van der Waals surface area contributed by atoms with Gasteiger partial charge in [-0.2, -0.15) is 0 Å². The van der Waals surface area contributed by atoms with Gasteiger partial charge in [0.15, 0.2) is 0 Å². The van der Waals surface area contributed by atoms with Gasteiger partial charge < -0.3 is 10.1 Å². The topological polar surface area (TPSA) is 72.5 Å². The van der Waals surface area contributed by atoms with Gasteiger partial charge in [-0.15, -0.1) is 0 Å². The number of Topliss-reactive ketones (excluding diaryl/α,β-unsaturated/α-hetero) is 1. The minimum atomic E-state index is -0.508. The second kappa shape index (κ2) is 5.79. The number of hydrogen-bond donors (Lipinski definition) is 1. The van der Waals surface area contributed by atoms with Crippen molar-refractivity contribution < 1.29 is 19.1 Å². The minimum absolute atomic E-state index is 0.0265. The first-order chi connectivity index (χ1) is 8.04. The number of benzene rings is 1. The van der Waals surface area contributed by atoms with Gasteiger partial charge in [-0.05, 0) is 25.1 Å². The summed E-state index contributed by atoms with van der Waals surface area (Å²) in [6.45, 7) is 1.35. The highest BCUT2D eigenvalue weighted by molar-refractivity contribution is 5.99. The van der Waals surface area contributed by atoms with E-state index in [1.807, 2.05) is 0 Å². The normalized spacial score (nSPS) is 9.53. The second-order valence-electron chi connectivity index (χ2n) is 3.46. The maximum atomic E-state index is 11.6. The quantitative estimate of drug-likeness (QED) is 0.783. The Balaban J connectivity index is 2.80. The predicted octanol–water partition coefficient (Wildman–Crippen LogP) is 0.792. The van der Waals surface area contributed by atoms with E-state index in [-0.39, 0.29) is 12.3 Å². The molecule has 1 amide bonds. The van der Waals surface area contributed by atoms with Crippen molar-refractivity contribution in [3.8, 4) is 0 Å². The molecule has 1 N–H and O–H groups in total. The van der Waals surface area contributed by atoms with Crippen LogP contribution in [0.3, 0.4) is 0 Å². The molecule has 5 nitrogen and oxygen atoms in total. The maximum Gasteiger partial charge on any atom is 0.337 e. The standard InChI is InChI=1S/C12H13NO4/c1-8(14)7-13-11(15)9-4-3-5-10(6-9)12(16)17-2/h3-6H,7H2,1-2H3,(H,13,15). The van der Waals surface area contributed by atoms with Crippen LogP contribution >= 0.6 is 0 Å². The molecule has 0 aliphatic heterocycles. The highest BCUT2D eigenvalue weighted by Crippen LogP contribution is 2.06. The van der Waals surface area contributed by atoms with Gasteiger partial charge in [-0.1, -0.05) is 6.07 Å². The predicted molar refractivity (Wildman–Crippen MR) is 60.8 cm³/mol. The molecule has 0 aliphatic rings. The first kappa shape index (κ1) is 12.9. The molecule has 0 heterocycles. The van der Waals surface area contributed by atoms with Crippen molar-refractivity contribution in [1.82, 2.24) is 5.32 Å². The van der Waals surface area contributed by atoms with E-state index in [4.69, 9.17) is 0 Å². The fourth-order valence-corrected chi connectivity index (χ4v) is 1.21. The molecule has 0 saturated carbocycles. The smallest absolute Gasteiger partial charge is 0.337 e. The van der Waals surface area contributed by atoms with Crippen LogP contribution in [0.25, 0.3) is 0 Å². The van der Waals surface area contributed by atoms with Crippen LogP contribution in [0.4, 0.5) is 0 Å². The lowest BCUT2D eigenvalue weighted by molar-refractivity contribution is -0.116. The molecule has 0 unspecified atom stereocenters. The van der Waals surface area contributed by atoms with Crippen LogP contribution < -0.4 is 5.32 Å². The monoisotopic (exact) mass is 235 g/mol. The van der Waals surface area contributed by atoms with Crippen LogP contribution in [0, 0.1) is 0 Å². The average molecular weight is 235 g/mol. The number of ketones is 1. The molecule has 0 spiro atoms. The van der Waals surface area contributed by atoms with Crippen LogP contribution in [-0.2, 0) is 9.53 Å². The lowest BCUT2D eigenvalue weighted by atomic mass is 10.1. The van der Waals surface area contributed by atoms with Gasteiger partial charge >= 0.3 is 5.97 Å².